The van der Waals surface area contributed by atoms with Crippen LogP contribution >= 0.6 is 11.6 Å². The number of rotatable bonds is 13. The SMILES string of the molecule is CC(C)(C)OC(=O)N1C[C@@H](CCc2c(F)cncc2CC(=O)[C@@H](N)[C@@H](c2ccc(Cl)cc2)c2cc(F)cc(F)c2)OC[C@H]1COC(=O)CCC(F)(F)F. The van der Waals surface area contributed by atoms with Gasteiger partial charge in [-0.15, -0.1) is 0 Å². The molecule has 0 spiro atoms. The lowest BCUT2D eigenvalue weighted by molar-refractivity contribution is -0.160. The molecule has 1 aromatic heterocycles. The largest absolute Gasteiger partial charge is 0.463 e. The Bertz CT molecular complexity index is 1730. The molecule has 1 saturated heterocycles. The van der Waals surface area contributed by atoms with E-state index in [1.807, 2.05) is 0 Å². The number of halogens is 7. The molecule has 2 N–H and O–H groups in total. The van der Waals surface area contributed by atoms with Crippen molar-refractivity contribution in [1.29, 1.82) is 0 Å². The van der Waals surface area contributed by atoms with Gasteiger partial charge in [-0.1, -0.05) is 23.7 Å². The molecule has 0 bridgehead atoms. The number of benzene rings is 2. The van der Waals surface area contributed by atoms with Crippen LogP contribution in [0, 0.1) is 17.5 Å². The van der Waals surface area contributed by atoms with E-state index in [1.165, 1.54) is 11.1 Å². The maximum atomic E-state index is 15.3. The fourth-order valence-corrected chi connectivity index (χ4v) is 6.01. The monoisotopic (exact) mass is 771 g/mol. The van der Waals surface area contributed by atoms with Crippen molar-refractivity contribution in [3.05, 3.63) is 99.6 Å². The minimum atomic E-state index is -4.54. The molecule has 4 rings (SSSR count). The fraction of sp³-hybridized carbons (Fsp3) is 0.459. The maximum absolute atomic E-state index is 15.3. The first-order chi connectivity index (χ1) is 24.8. The molecule has 1 aliphatic heterocycles. The van der Waals surface area contributed by atoms with Gasteiger partial charge in [0.2, 0.25) is 0 Å². The Kier molecular flexibility index (Phi) is 13.9. The molecule has 288 valence electrons. The second-order valence-corrected chi connectivity index (χ2v) is 14.2. The predicted octanol–water partition coefficient (Wildman–Crippen LogP) is 7.25. The highest BCUT2D eigenvalue weighted by atomic mass is 35.5. The van der Waals surface area contributed by atoms with Gasteiger partial charge in [-0.2, -0.15) is 13.2 Å². The first-order valence-corrected chi connectivity index (χ1v) is 17.1. The van der Waals surface area contributed by atoms with E-state index in [1.54, 1.807) is 45.0 Å². The Balaban J connectivity index is 1.48. The zero-order valence-corrected chi connectivity index (χ0v) is 30.0. The van der Waals surface area contributed by atoms with Crippen LogP contribution in [0.25, 0.3) is 0 Å². The Morgan fingerprint density at radius 2 is 1.68 bits per heavy atom. The second-order valence-electron chi connectivity index (χ2n) is 13.7. The standard InChI is InChI=1S/C37H40ClF6N3O6/c1-36(2,3)53-35(50)47-18-28(51-19-27(47)20-52-32(49)10-11-37(42,43)44)8-9-29-23(16-46-17-30(29)41)14-31(48)34(45)33(21-4-6-24(38)7-5-21)22-12-25(39)15-26(40)13-22/h4-7,12-13,15-17,27-28,33-34H,8-11,14,18-20,45H2,1-3H3/t27-,28+,33-,34+/m0/s1. The van der Waals surface area contributed by atoms with E-state index in [0.29, 0.717) is 16.7 Å². The Labute approximate surface area is 307 Å². The number of hydrogen-bond acceptors (Lipinski definition) is 8. The third-order valence-electron chi connectivity index (χ3n) is 8.42. The first kappa shape index (κ1) is 41.5. The van der Waals surface area contributed by atoms with Crippen LogP contribution < -0.4 is 5.73 Å². The minimum absolute atomic E-state index is 0.0197. The van der Waals surface area contributed by atoms with Crippen molar-refractivity contribution in [3.63, 3.8) is 0 Å². The van der Waals surface area contributed by atoms with Crippen molar-refractivity contribution in [2.75, 3.05) is 19.8 Å². The molecule has 9 nitrogen and oxygen atoms in total. The molecule has 53 heavy (non-hydrogen) atoms. The van der Waals surface area contributed by atoms with Crippen LogP contribution in [0.15, 0.2) is 54.9 Å². The van der Waals surface area contributed by atoms with Crippen molar-refractivity contribution >= 4 is 29.4 Å². The number of alkyl halides is 3. The van der Waals surface area contributed by atoms with E-state index in [2.05, 4.69) is 4.98 Å². The van der Waals surface area contributed by atoms with Crippen LogP contribution in [0.2, 0.25) is 5.02 Å². The van der Waals surface area contributed by atoms with Crippen molar-refractivity contribution in [1.82, 2.24) is 9.88 Å². The Morgan fingerprint density at radius 3 is 2.30 bits per heavy atom. The van der Waals surface area contributed by atoms with Crippen LogP contribution in [0.3, 0.4) is 0 Å². The Morgan fingerprint density at radius 1 is 1.02 bits per heavy atom. The number of carbonyl (C=O) groups is 3. The topological polar surface area (TPSA) is 121 Å². The molecule has 1 aliphatic rings. The summed E-state index contributed by atoms with van der Waals surface area (Å²) in [4.78, 5) is 44.0. The quantitative estimate of drug-likeness (QED) is 0.143. The number of pyridine rings is 1. The zero-order chi connectivity index (χ0) is 39.1. The predicted molar refractivity (Wildman–Crippen MR) is 182 cm³/mol. The number of hydrogen-bond donors (Lipinski definition) is 1. The van der Waals surface area contributed by atoms with Crippen molar-refractivity contribution in [2.45, 2.75) is 88.8 Å². The molecule has 0 aliphatic carbocycles. The number of Topliss-reactive ketones (excluding diaryl/α,β-unsaturated/α-hetero) is 1. The number of ketones is 1. The fourth-order valence-electron chi connectivity index (χ4n) is 5.88. The summed E-state index contributed by atoms with van der Waals surface area (Å²) in [5, 5.41) is 0.392. The lowest BCUT2D eigenvalue weighted by Crippen LogP contribution is -2.55. The summed E-state index contributed by atoms with van der Waals surface area (Å²) in [6.07, 6.45) is -6.15. The third kappa shape index (κ3) is 12.4. The summed E-state index contributed by atoms with van der Waals surface area (Å²) in [6, 6.07) is 6.94. The second kappa shape index (κ2) is 17.7. The van der Waals surface area contributed by atoms with Crippen molar-refractivity contribution in [3.8, 4) is 0 Å². The molecule has 16 heteroatoms. The van der Waals surface area contributed by atoms with Gasteiger partial charge in [-0.3, -0.25) is 19.5 Å². The highest BCUT2D eigenvalue weighted by Crippen LogP contribution is 2.31. The lowest BCUT2D eigenvalue weighted by atomic mass is 9.82. The molecule has 1 fully saturated rings. The molecule has 0 radical (unpaired) electrons. The van der Waals surface area contributed by atoms with E-state index >= 15 is 4.39 Å². The van der Waals surface area contributed by atoms with Gasteiger partial charge in [0.1, 0.15) is 29.7 Å². The van der Waals surface area contributed by atoms with E-state index < -0.39 is 90.6 Å². The van der Waals surface area contributed by atoms with Crippen LogP contribution in [-0.2, 0) is 36.6 Å². The number of esters is 1. The van der Waals surface area contributed by atoms with Crippen molar-refractivity contribution < 1.29 is 54.9 Å². The number of morpholine rings is 1. The smallest absolute Gasteiger partial charge is 0.410 e. The van der Waals surface area contributed by atoms with E-state index in [-0.39, 0.29) is 49.1 Å². The van der Waals surface area contributed by atoms with Gasteiger partial charge in [0.25, 0.3) is 0 Å². The molecule has 4 atom stereocenters. The lowest BCUT2D eigenvalue weighted by Gasteiger charge is -2.40. The maximum Gasteiger partial charge on any atom is 0.410 e. The molecular weight excluding hydrogens is 732 g/mol. The molecule has 2 heterocycles. The third-order valence-corrected chi connectivity index (χ3v) is 8.67. The van der Waals surface area contributed by atoms with Crippen molar-refractivity contribution in [2.24, 2.45) is 5.73 Å². The van der Waals surface area contributed by atoms with Gasteiger partial charge in [-0.25, -0.2) is 18.0 Å². The highest BCUT2D eigenvalue weighted by molar-refractivity contribution is 6.30. The summed E-state index contributed by atoms with van der Waals surface area (Å²) >= 11 is 6.04. The van der Waals surface area contributed by atoms with Crippen LogP contribution in [0.5, 0.6) is 0 Å². The van der Waals surface area contributed by atoms with E-state index in [0.717, 1.165) is 18.3 Å². The summed E-state index contributed by atoms with van der Waals surface area (Å²) < 4.78 is 97.9. The number of amides is 1. The molecule has 3 aromatic rings. The first-order valence-electron chi connectivity index (χ1n) is 16.7. The molecule has 2 aromatic carbocycles. The van der Waals surface area contributed by atoms with E-state index in [4.69, 9.17) is 31.5 Å². The summed E-state index contributed by atoms with van der Waals surface area (Å²) in [6.45, 7) is 4.24. The van der Waals surface area contributed by atoms with Crippen LogP contribution in [-0.4, -0.2) is 77.5 Å². The van der Waals surface area contributed by atoms with Gasteiger partial charge < -0.3 is 19.9 Å². The minimum Gasteiger partial charge on any atom is -0.463 e. The number of carbonyl (C=O) groups excluding carboxylic acids is 3. The number of nitrogens with two attached hydrogens (primary N) is 1. The molecule has 0 saturated carbocycles. The Hall–Kier alpha value is -4.21. The number of nitrogens with zero attached hydrogens (tertiary/aromatic N) is 2. The van der Waals surface area contributed by atoms with Gasteiger partial charge in [-0.05, 0) is 80.1 Å². The average molecular weight is 772 g/mol. The van der Waals surface area contributed by atoms with Gasteiger partial charge in [0.15, 0.2) is 5.78 Å². The molecule has 0 unspecified atom stereocenters. The normalized spacial score (nSPS) is 17.6. The van der Waals surface area contributed by atoms with E-state index in [9.17, 15) is 36.3 Å². The van der Waals surface area contributed by atoms with Gasteiger partial charge >= 0.3 is 18.2 Å². The molecule has 1 amide bonds. The van der Waals surface area contributed by atoms with Crippen LogP contribution in [0.4, 0.5) is 31.1 Å². The van der Waals surface area contributed by atoms with Gasteiger partial charge in [0.05, 0.1) is 50.4 Å². The number of aromatic nitrogens is 1. The van der Waals surface area contributed by atoms with Gasteiger partial charge in [0, 0.05) is 29.6 Å². The number of ether oxygens (including phenoxy) is 3. The summed E-state index contributed by atoms with van der Waals surface area (Å²) in [5.41, 5.74) is 6.50. The van der Waals surface area contributed by atoms with Crippen LogP contribution in [0.1, 0.15) is 68.2 Å². The average Bonchev–Trinajstić information content (AvgIpc) is 3.05. The summed E-state index contributed by atoms with van der Waals surface area (Å²) in [7, 11) is 0. The molecular formula is C37H40ClF6N3O6. The highest BCUT2D eigenvalue weighted by Gasteiger charge is 2.37. The summed E-state index contributed by atoms with van der Waals surface area (Å²) in [5.74, 6) is -5.08. The zero-order valence-electron chi connectivity index (χ0n) is 29.2.